The molecule has 0 bridgehead atoms. The largest absolute Gasteiger partial charge is 0.434 e. The van der Waals surface area contributed by atoms with Gasteiger partial charge in [-0.2, -0.15) is 8.78 Å². The fraction of sp³-hybridized carbons (Fsp3) is 0.286. The lowest BCUT2D eigenvalue weighted by molar-refractivity contribution is -0.0506. The summed E-state index contributed by atoms with van der Waals surface area (Å²) < 4.78 is 30.4. The lowest BCUT2D eigenvalue weighted by Gasteiger charge is -2.17. The number of hydrogen-bond donors (Lipinski definition) is 1. The molecule has 0 radical (unpaired) electrons. The first-order chi connectivity index (χ1) is 9.56. The maximum Gasteiger partial charge on any atom is 0.387 e. The number of ether oxygens (including phenoxy) is 1. The molecule has 0 fully saturated rings. The normalized spacial score (nSPS) is 12.7. The Hall–Kier alpha value is -0.980. The molecular weight excluding hydrogens is 348 g/mol. The first kappa shape index (κ1) is 15.4. The summed E-state index contributed by atoms with van der Waals surface area (Å²) in [6.45, 7) is -0.201. The van der Waals surface area contributed by atoms with E-state index in [0.717, 1.165) is 9.35 Å². The highest BCUT2D eigenvalue weighted by Gasteiger charge is 2.14. The lowest BCUT2D eigenvalue weighted by Crippen LogP contribution is -2.18. The molecule has 0 spiro atoms. The number of hydrogen-bond acceptors (Lipinski definition) is 3. The van der Waals surface area contributed by atoms with Gasteiger partial charge in [-0.1, -0.05) is 18.2 Å². The van der Waals surface area contributed by atoms with Gasteiger partial charge < -0.3 is 10.1 Å². The summed E-state index contributed by atoms with van der Waals surface area (Å²) in [5.74, 6) is 0.217. The summed E-state index contributed by atoms with van der Waals surface area (Å²) in [5.41, 5.74) is 0.725. The Balaban J connectivity index is 2.03. The van der Waals surface area contributed by atoms with E-state index in [1.165, 1.54) is 4.88 Å². The van der Waals surface area contributed by atoms with Crippen LogP contribution in [0.4, 0.5) is 8.78 Å². The SMILES string of the molecule is CC(NCc1ccc(Br)s1)c1ccccc1OC(F)F. The molecule has 0 aliphatic carbocycles. The van der Waals surface area contributed by atoms with Gasteiger partial charge in [0.15, 0.2) is 0 Å². The topological polar surface area (TPSA) is 21.3 Å². The molecular formula is C14H14BrF2NOS. The highest BCUT2D eigenvalue weighted by molar-refractivity contribution is 9.11. The first-order valence-electron chi connectivity index (χ1n) is 6.07. The van der Waals surface area contributed by atoms with Crippen molar-refractivity contribution in [3.05, 3.63) is 50.6 Å². The molecule has 0 aliphatic rings. The Bertz CT molecular complexity index is 562. The summed E-state index contributed by atoms with van der Waals surface area (Å²) in [5, 5.41) is 3.31. The van der Waals surface area contributed by atoms with Crippen molar-refractivity contribution in [3.63, 3.8) is 0 Å². The quantitative estimate of drug-likeness (QED) is 0.784. The van der Waals surface area contributed by atoms with Crippen LogP contribution in [0.2, 0.25) is 0 Å². The van der Waals surface area contributed by atoms with E-state index in [9.17, 15) is 8.78 Å². The monoisotopic (exact) mass is 361 g/mol. The molecule has 2 nitrogen and oxygen atoms in total. The predicted molar refractivity (Wildman–Crippen MR) is 80.3 cm³/mol. The van der Waals surface area contributed by atoms with Crippen LogP contribution in [0.3, 0.4) is 0 Å². The Kier molecular flexibility index (Phi) is 5.51. The van der Waals surface area contributed by atoms with Crippen molar-refractivity contribution >= 4 is 27.3 Å². The van der Waals surface area contributed by atoms with E-state index in [-0.39, 0.29) is 11.8 Å². The average Bonchev–Trinajstić information content (AvgIpc) is 2.82. The molecule has 1 unspecified atom stereocenters. The minimum atomic E-state index is -2.81. The van der Waals surface area contributed by atoms with Gasteiger partial charge in [-0.25, -0.2) is 0 Å². The van der Waals surface area contributed by atoms with Crippen molar-refractivity contribution in [3.8, 4) is 5.75 Å². The number of halogens is 3. The molecule has 1 aromatic carbocycles. The maximum absolute atomic E-state index is 12.4. The van der Waals surface area contributed by atoms with Crippen LogP contribution >= 0.6 is 27.3 Å². The molecule has 2 rings (SSSR count). The second kappa shape index (κ2) is 7.15. The summed E-state index contributed by atoms with van der Waals surface area (Å²) in [7, 11) is 0. The zero-order valence-electron chi connectivity index (χ0n) is 10.8. The minimum Gasteiger partial charge on any atom is -0.434 e. The van der Waals surface area contributed by atoms with Gasteiger partial charge in [0.25, 0.3) is 0 Å². The number of thiophene rings is 1. The van der Waals surface area contributed by atoms with Crippen LogP contribution in [-0.2, 0) is 6.54 Å². The van der Waals surface area contributed by atoms with E-state index >= 15 is 0 Å². The summed E-state index contributed by atoms with van der Waals surface area (Å²) in [6, 6.07) is 10.8. The summed E-state index contributed by atoms with van der Waals surface area (Å²) >= 11 is 5.05. The van der Waals surface area contributed by atoms with Gasteiger partial charge >= 0.3 is 6.61 Å². The Morgan fingerprint density at radius 2 is 2.00 bits per heavy atom. The smallest absolute Gasteiger partial charge is 0.387 e. The van der Waals surface area contributed by atoms with Crippen LogP contribution in [0.5, 0.6) is 5.75 Å². The van der Waals surface area contributed by atoms with Crippen molar-refractivity contribution in [2.24, 2.45) is 0 Å². The van der Waals surface area contributed by atoms with E-state index in [0.29, 0.717) is 6.54 Å². The number of alkyl halides is 2. The van der Waals surface area contributed by atoms with E-state index in [1.807, 2.05) is 25.1 Å². The van der Waals surface area contributed by atoms with Gasteiger partial charge in [0.2, 0.25) is 0 Å². The standard InChI is InChI=1S/C14H14BrF2NOS/c1-9(18-8-10-6-7-13(15)20-10)11-4-2-3-5-12(11)19-14(16)17/h2-7,9,14,18H,8H2,1H3. The molecule has 1 atom stereocenters. The van der Waals surface area contributed by atoms with Gasteiger partial charge in [-0.05, 0) is 41.1 Å². The Labute approximate surface area is 128 Å². The average molecular weight is 362 g/mol. The van der Waals surface area contributed by atoms with Crippen LogP contribution in [-0.4, -0.2) is 6.61 Å². The van der Waals surface area contributed by atoms with E-state index in [1.54, 1.807) is 29.5 Å². The molecule has 1 aromatic heterocycles. The fourth-order valence-corrected chi connectivity index (χ4v) is 3.29. The molecule has 2 aromatic rings. The van der Waals surface area contributed by atoms with Crippen molar-refractivity contribution in [2.45, 2.75) is 26.1 Å². The zero-order valence-corrected chi connectivity index (χ0v) is 13.2. The van der Waals surface area contributed by atoms with Crippen LogP contribution < -0.4 is 10.1 Å². The van der Waals surface area contributed by atoms with Gasteiger partial charge in [0.05, 0.1) is 3.79 Å². The van der Waals surface area contributed by atoms with E-state index < -0.39 is 6.61 Å². The number of nitrogens with one attached hydrogen (secondary N) is 1. The fourth-order valence-electron chi connectivity index (χ4n) is 1.85. The molecule has 0 saturated carbocycles. The van der Waals surface area contributed by atoms with E-state index in [4.69, 9.17) is 0 Å². The highest BCUT2D eigenvalue weighted by atomic mass is 79.9. The van der Waals surface area contributed by atoms with Gasteiger partial charge in [0, 0.05) is 23.0 Å². The van der Waals surface area contributed by atoms with Crippen molar-refractivity contribution in [1.82, 2.24) is 5.32 Å². The van der Waals surface area contributed by atoms with E-state index in [2.05, 4.69) is 26.0 Å². The third-order valence-corrected chi connectivity index (χ3v) is 4.44. The summed E-state index contributed by atoms with van der Waals surface area (Å²) in [6.07, 6.45) is 0. The Morgan fingerprint density at radius 3 is 2.65 bits per heavy atom. The zero-order chi connectivity index (χ0) is 14.5. The molecule has 108 valence electrons. The lowest BCUT2D eigenvalue weighted by atomic mass is 10.1. The number of rotatable bonds is 6. The summed E-state index contributed by atoms with van der Waals surface area (Å²) in [4.78, 5) is 1.18. The second-order valence-electron chi connectivity index (χ2n) is 4.22. The van der Waals surface area contributed by atoms with Crippen LogP contribution in [0.25, 0.3) is 0 Å². The molecule has 1 heterocycles. The minimum absolute atomic E-state index is 0.0779. The molecule has 20 heavy (non-hydrogen) atoms. The third kappa shape index (κ3) is 4.26. The van der Waals surface area contributed by atoms with Crippen LogP contribution in [0.1, 0.15) is 23.4 Å². The first-order valence-corrected chi connectivity index (χ1v) is 7.68. The van der Waals surface area contributed by atoms with Crippen LogP contribution in [0, 0.1) is 0 Å². The maximum atomic E-state index is 12.4. The van der Waals surface area contributed by atoms with Crippen molar-refractivity contribution in [1.29, 1.82) is 0 Å². The number of benzene rings is 1. The van der Waals surface area contributed by atoms with Crippen molar-refractivity contribution < 1.29 is 13.5 Å². The molecule has 0 aliphatic heterocycles. The molecule has 0 saturated heterocycles. The Morgan fingerprint density at radius 1 is 1.25 bits per heavy atom. The van der Waals surface area contributed by atoms with Gasteiger partial charge in [-0.15, -0.1) is 11.3 Å². The molecule has 1 N–H and O–H groups in total. The third-order valence-electron chi connectivity index (χ3n) is 2.81. The van der Waals surface area contributed by atoms with Gasteiger partial charge in [-0.3, -0.25) is 0 Å². The van der Waals surface area contributed by atoms with Gasteiger partial charge in [0.1, 0.15) is 5.75 Å². The molecule has 6 heteroatoms. The number of para-hydroxylation sites is 1. The highest BCUT2D eigenvalue weighted by Crippen LogP contribution is 2.27. The van der Waals surface area contributed by atoms with Crippen molar-refractivity contribution in [2.75, 3.05) is 0 Å². The van der Waals surface area contributed by atoms with Crippen LogP contribution in [0.15, 0.2) is 40.2 Å². The predicted octanol–water partition coefficient (Wildman–Crippen LogP) is 4.96. The second-order valence-corrected chi connectivity index (χ2v) is 6.77. The molecule has 0 amide bonds.